The van der Waals surface area contributed by atoms with Gasteiger partial charge in [0.15, 0.2) is 0 Å². The molecular weight excluding hydrogens is 108 g/mol. The molecule has 46 valence electrons. The lowest BCUT2D eigenvalue weighted by atomic mass is 10.6. The Hall–Kier alpha value is -1.10. The smallest absolute Gasteiger partial charge is 0.218 e. The molecule has 0 aliphatic heterocycles. The highest BCUT2D eigenvalue weighted by Crippen LogP contribution is 1.77. The molecule has 0 aliphatic carbocycles. The van der Waals surface area contributed by atoms with Gasteiger partial charge in [-0.2, -0.15) is 5.06 Å². The van der Waals surface area contributed by atoms with E-state index in [1.54, 1.807) is 0 Å². The van der Waals surface area contributed by atoms with Crippen LogP contribution in [0.4, 0.5) is 0 Å². The minimum absolute atomic E-state index is 0.169. The van der Waals surface area contributed by atoms with Gasteiger partial charge in [0.05, 0.1) is 0 Å². The Bertz CT molecular complexity index is 106. The fourth-order valence-corrected chi connectivity index (χ4v) is 0.181. The summed E-state index contributed by atoms with van der Waals surface area (Å²) in [4.78, 5) is 0. The summed E-state index contributed by atoms with van der Waals surface area (Å²) in [5.74, 6) is -0.713. The van der Waals surface area contributed by atoms with Crippen molar-refractivity contribution in [3.05, 3.63) is 0 Å². The third-order valence-corrected chi connectivity index (χ3v) is 0.546. The first kappa shape index (κ1) is 6.90. The monoisotopic (exact) mass is 116 g/mol. The van der Waals surface area contributed by atoms with Crippen LogP contribution in [-0.4, -0.2) is 22.1 Å². The first-order valence-electron chi connectivity index (χ1n) is 1.94. The van der Waals surface area contributed by atoms with Crippen LogP contribution in [0, 0.1) is 10.8 Å². The van der Waals surface area contributed by atoms with Gasteiger partial charge in [0.25, 0.3) is 0 Å². The largest absolute Gasteiger partial charge is 0.368 e. The van der Waals surface area contributed by atoms with Crippen molar-refractivity contribution in [2.45, 2.75) is 6.92 Å². The van der Waals surface area contributed by atoms with Crippen molar-refractivity contribution in [3.8, 4) is 0 Å². The molecule has 0 amide bonds. The van der Waals surface area contributed by atoms with E-state index >= 15 is 0 Å². The maximum atomic E-state index is 8.46. The van der Waals surface area contributed by atoms with E-state index in [0.29, 0.717) is 0 Å². The first-order chi connectivity index (χ1) is 3.55. The number of hydroxylamine groups is 2. The van der Waals surface area contributed by atoms with Gasteiger partial charge in [-0.15, -0.1) is 0 Å². The zero-order valence-corrected chi connectivity index (χ0v) is 4.47. The number of nitrogens with two attached hydrogens (primary N) is 1. The van der Waals surface area contributed by atoms with E-state index in [4.69, 9.17) is 21.8 Å². The molecule has 0 fully saturated rings. The molecule has 0 saturated carbocycles. The van der Waals surface area contributed by atoms with Crippen LogP contribution in [0.1, 0.15) is 6.92 Å². The van der Waals surface area contributed by atoms with E-state index in [-0.39, 0.29) is 10.9 Å². The third kappa shape index (κ3) is 1.57. The van der Waals surface area contributed by atoms with Gasteiger partial charge in [0.1, 0.15) is 5.84 Å². The third-order valence-electron chi connectivity index (χ3n) is 0.546. The molecule has 5 N–H and O–H groups in total. The molecule has 5 nitrogen and oxygen atoms in total. The minimum atomic E-state index is -0.544. The highest BCUT2D eigenvalue weighted by molar-refractivity contribution is 5.93. The molecule has 0 rings (SSSR count). The van der Waals surface area contributed by atoms with Crippen molar-refractivity contribution in [2.24, 2.45) is 5.73 Å². The molecule has 0 heterocycles. The number of nitrogens with one attached hydrogen (secondary N) is 2. The molecule has 0 aliphatic rings. The Morgan fingerprint density at radius 3 is 2.00 bits per heavy atom. The standard InChI is InChI=1S/C3H8N4O/c1-2(4)7(8)3(5)6/h4,8H,1H3,(H3,5,6). The minimum Gasteiger partial charge on any atom is -0.368 e. The maximum absolute atomic E-state index is 8.46. The second kappa shape index (κ2) is 2.27. The Balaban J connectivity index is 3.83. The molecule has 0 spiro atoms. The van der Waals surface area contributed by atoms with Crippen LogP contribution in [0.3, 0.4) is 0 Å². The first-order valence-corrected chi connectivity index (χ1v) is 1.94. The zero-order valence-electron chi connectivity index (χ0n) is 4.47. The lowest BCUT2D eigenvalue weighted by Gasteiger charge is -2.09. The molecule has 0 aromatic heterocycles. The van der Waals surface area contributed by atoms with E-state index in [9.17, 15) is 0 Å². The number of guanidine groups is 1. The van der Waals surface area contributed by atoms with Gasteiger partial charge in [-0.05, 0) is 6.92 Å². The van der Waals surface area contributed by atoms with Gasteiger partial charge in [0.2, 0.25) is 5.96 Å². The van der Waals surface area contributed by atoms with Crippen molar-refractivity contribution in [2.75, 3.05) is 0 Å². The van der Waals surface area contributed by atoms with Crippen molar-refractivity contribution in [1.82, 2.24) is 5.06 Å². The van der Waals surface area contributed by atoms with Gasteiger partial charge >= 0.3 is 0 Å². The average molecular weight is 116 g/mol. The molecule has 0 unspecified atom stereocenters. The van der Waals surface area contributed by atoms with Crippen LogP contribution in [0.25, 0.3) is 0 Å². The van der Waals surface area contributed by atoms with Crippen LogP contribution in [-0.2, 0) is 0 Å². The Kier molecular flexibility index (Phi) is 1.96. The number of rotatable bonds is 0. The number of hydrogen-bond acceptors (Lipinski definition) is 3. The van der Waals surface area contributed by atoms with E-state index in [0.717, 1.165) is 0 Å². The number of nitrogens with zero attached hydrogens (tertiary/aromatic N) is 1. The fourth-order valence-electron chi connectivity index (χ4n) is 0.181. The second-order valence-corrected chi connectivity index (χ2v) is 1.28. The van der Waals surface area contributed by atoms with Crippen LogP contribution < -0.4 is 5.73 Å². The van der Waals surface area contributed by atoms with Crippen molar-refractivity contribution in [1.29, 1.82) is 10.8 Å². The molecular formula is C3H8N4O. The molecule has 0 atom stereocenters. The van der Waals surface area contributed by atoms with Gasteiger partial charge in [0, 0.05) is 0 Å². The Labute approximate surface area is 46.7 Å². The normalized spacial score (nSPS) is 8.25. The van der Waals surface area contributed by atoms with E-state index < -0.39 is 5.96 Å². The van der Waals surface area contributed by atoms with Gasteiger partial charge in [-0.1, -0.05) is 0 Å². The van der Waals surface area contributed by atoms with E-state index in [1.165, 1.54) is 6.92 Å². The summed E-state index contributed by atoms with van der Waals surface area (Å²) in [6.45, 7) is 1.32. The molecule has 8 heavy (non-hydrogen) atoms. The summed E-state index contributed by atoms with van der Waals surface area (Å²) < 4.78 is 0. The molecule has 0 aromatic carbocycles. The summed E-state index contributed by atoms with van der Waals surface area (Å²) in [6.07, 6.45) is 0. The predicted molar refractivity (Wildman–Crippen MR) is 28.9 cm³/mol. The lowest BCUT2D eigenvalue weighted by Crippen LogP contribution is -2.36. The molecule has 0 bridgehead atoms. The van der Waals surface area contributed by atoms with Crippen LogP contribution in [0.15, 0.2) is 0 Å². The second-order valence-electron chi connectivity index (χ2n) is 1.28. The number of hydrogen-bond donors (Lipinski definition) is 4. The summed E-state index contributed by atoms with van der Waals surface area (Å²) in [5, 5.41) is 22.0. The van der Waals surface area contributed by atoms with Crippen LogP contribution in [0.5, 0.6) is 0 Å². The fraction of sp³-hybridized carbons (Fsp3) is 0.333. The summed E-state index contributed by atoms with van der Waals surface area (Å²) >= 11 is 0. The highest BCUT2D eigenvalue weighted by Gasteiger charge is 2.00. The molecule has 0 radical (unpaired) electrons. The predicted octanol–water partition coefficient (Wildman–Crippen LogP) is -0.432. The Morgan fingerprint density at radius 2 is 2.00 bits per heavy atom. The molecule has 0 saturated heterocycles. The van der Waals surface area contributed by atoms with Gasteiger partial charge < -0.3 is 5.73 Å². The molecule has 0 aromatic rings. The topological polar surface area (TPSA) is 97.2 Å². The lowest BCUT2D eigenvalue weighted by molar-refractivity contribution is 0.0589. The van der Waals surface area contributed by atoms with Gasteiger partial charge in [-0.25, -0.2) is 0 Å². The van der Waals surface area contributed by atoms with E-state index in [1.807, 2.05) is 0 Å². The maximum Gasteiger partial charge on any atom is 0.218 e. The highest BCUT2D eigenvalue weighted by atomic mass is 16.5. The zero-order chi connectivity index (χ0) is 6.73. The number of amidine groups is 1. The van der Waals surface area contributed by atoms with E-state index in [2.05, 4.69) is 0 Å². The van der Waals surface area contributed by atoms with Crippen molar-refractivity contribution < 1.29 is 5.21 Å². The average Bonchev–Trinajstić information content (AvgIpc) is 1.64. The molecule has 5 heteroatoms. The van der Waals surface area contributed by atoms with Crippen molar-refractivity contribution >= 4 is 11.8 Å². The summed E-state index contributed by atoms with van der Waals surface area (Å²) in [6, 6.07) is 0. The SMILES string of the molecule is CC(=N)N(O)C(=N)N. The van der Waals surface area contributed by atoms with Crippen LogP contribution >= 0.6 is 0 Å². The quantitative estimate of drug-likeness (QED) is 0.196. The summed E-state index contributed by atoms with van der Waals surface area (Å²) in [7, 11) is 0. The van der Waals surface area contributed by atoms with Crippen molar-refractivity contribution in [3.63, 3.8) is 0 Å². The van der Waals surface area contributed by atoms with Crippen LogP contribution in [0.2, 0.25) is 0 Å². The summed E-state index contributed by atoms with van der Waals surface area (Å²) in [5.41, 5.74) is 4.76. The van der Waals surface area contributed by atoms with Gasteiger partial charge in [-0.3, -0.25) is 16.0 Å². The Morgan fingerprint density at radius 1 is 1.62 bits per heavy atom.